The van der Waals surface area contributed by atoms with E-state index >= 15 is 0 Å². The third-order valence-electron chi connectivity index (χ3n) is 6.70. The molecular formula is C31H29FN6O3. The van der Waals surface area contributed by atoms with Crippen molar-refractivity contribution in [3.8, 4) is 0 Å². The lowest BCUT2D eigenvalue weighted by Gasteiger charge is -2.16. The van der Waals surface area contributed by atoms with Crippen LogP contribution in [0, 0.1) is 12.7 Å². The second-order valence-corrected chi connectivity index (χ2v) is 9.50. The summed E-state index contributed by atoms with van der Waals surface area (Å²) in [7, 11) is 0. The molecule has 2 amide bonds. The van der Waals surface area contributed by atoms with E-state index in [4.69, 9.17) is 4.74 Å². The first-order valence-electron chi connectivity index (χ1n) is 13.1. The van der Waals surface area contributed by atoms with Crippen LogP contribution in [0.25, 0.3) is 10.9 Å². The van der Waals surface area contributed by atoms with Crippen LogP contribution in [0.2, 0.25) is 0 Å². The summed E-state index contributed by atoms with van der Waals surface area (Å²) in [5, 5.41) is 7.81. The van der Waals surface area contributed by atoms with Crippen LogP contribution in [0.15, 0.2) is 96.5 Å². The molecule has 3 aromatic carbocycles. The number of hydrogen-bond acceptors (Lipinski definition) is 5. The fraction of sp³-hybridized carbons (Fsp3) is 0.161. The number of H-pyrrole nitrogens is 1. The van der Waals surface area contributed by atoms with Crippen molar-refractivity contribution in [1.82, 2.24) is 25.3 Å². The van der Waals surface area contributed by atoms with Gasteiger partial charge < -0.3 is 19.6 Å². The zero-order valence-electron chi connectivity index (χ0n) is 22.4. The maximum absolute atomic E-state index is 13.4. The first-order chi connectivity index (χ1) is 20.0. The topological polar surface area (TPSA) is 113 Å². The predicted molar refractivity (Wildman–Crippen MR) is 154 cm³/mol. The highest BCUT2D eigenvalue weighted by atomic mass is 19.1. The van der Waals surface area contributed by atoms with E-state index in [1.54, 1.807) is 24.5 Å². The number of rotatable bonds is 10. The van der Waals surface area contributed by atoms with Crippen LogP contribution >= 0.6 is 0 Å². The number of carbonyl (C=O) groups is 2. The van der Waals surface area contributed by atoms with Crippen LogP contribution in [-0.2, 0) is 29.1 Å². The molecule has 0 radical (unpaired) electrons. The van der Waals surface area contributed by atoms with Crippen molar-refractivity contribution in [3.63, 3.8) is 0 Å². The summed E-state index contributed by atoms with van der Waals surface area (Å²) in [6, 6.07) is 22.6. The van der Waals surface area contributed by atoms with Crippen molar-refractivity contribution in [2.24, 2.45) is 5.10 Å². The highest BCUT2D eigenvalue weighted by molar-refractivity contribution is 6.01. The molecule has 0 aliphatic heterocycles. The third kappa shape index (κ3) is 6.85. The molecule has 0 fully saturated rings. The molecule has 9 nitrogen and oxygen atoms in total. The fourth-order valence-electron chi connectivity index (χ4n) is 4.57. The summed E-state index contributed by atoms with van der Waals surface area (Å²) < 4.78 is 20.8. The summed E-state index contributed by atoms with van der Waals surface area (Å²) in [5.74, 6) is -0.795. The highest BCUT2D eigenvalue weighted by Crippen LogP contribution is 2.25. The third-order valence-corrected chi connectivity index (χ3v) is 6.70. The Labute approximate surface area is 236 Å². The van der Waals surface area contributed by atoms with E-state index in [2.05, 4.69) is 30.4 Å². The van der Waals surface area contributed by atoms with Gasteiger partial charge in [-0.25, -0.2) is 19.6 Å². The molecule has 0 spiro atoms. The number of alkyl carbamates (subject to hydrolysis) is 1. The largest absolute Gasteiger partial charge is 0.445 e. The maximum atomic E-state index is 13.4. The van der Waals surface area contributed by atoms with E-state index in [1.165, 1.54) is 18.5 Å². The molecule has 0 saturated carbocycles. The van der Waals surface area contributed by atoms with Crippen LogP contribution in [0.5, 0.6) is 0 Å². The number of hydrazone groups is 1. The molecule has 2 aromatic heterocycles. The summed E-state index contributed by atoms with van der Waals surface area (Å²) in [6.45, 7) is 2.59. The number of nitrogens with one attached hydrogen (secondary N) is 3. The summed E-state index contributed by atoms with van der Waals surface area (Å²) in [5.41, 5.74) is 7.77. The van der Waals surface area contributed by atoms with E-state index in [0.717, 1.165) is 33.3 Å². The van der Waals surface area contributed by atoms with Gasteiger partial charge in [0.15, 0.2) is 0 Å². The number of carbonyl (C=O) groups excluding carboxylic acids is 2. The number of halogens is 1. The van der Waals surface area contributed by atoms with Gasteiger partial charge in [-0.3, -0.25) is 4.79 Å². The Morgan fingerprint density at radius 1 is 1.05 bits per heavy atom. The Morgan fingerprint density at radius 2 is 1.80 bits per heavy atom. The summed E-state index contributed by atoms with van der Waals surface area (Å²) in [4.78, 5) is 32.6. The van der Waals surface area contributed by atoms with Gasteiger partial charge in [-0.1, -0.05) is 60.7 Å². The van der Waals surface area contributed by atoms with Crippen molar-refractivity contribution >= 4 is 29.1 Å². The van der Waals surface area contributed by atoms with Crippen LogP contribution in [0.4, 0.5) is 9.18 Å². The van der Waals surface area contributed by atoms with E-state index in [9.17, 15) is 14.0 Å². The number of amides is 2. The number of imidazole rings is 1. The van der Waals surface area contributed by atoms with Crippen LogP contribution in [-0.4, -0.2) is 38.8 Å². The van der Waals surface area contributed by atoms with Gasteiger partial charge in [0, 0.05) is 47.0 Å². The van der Waals surface area contributed by atoms with Gasteiger partial charge in [0.2, 0.25) is 0 Å². The predicted octanol–water partition coefficient (Wildman–Crippen LogP) is 4.85. The minimum atomic E-state index is -0.961. The number of nitrogens with zero attached hydrogens (tertiary/aromatic N) is 3. The van der Waals surface area contributed by atoms with E-state index < -0.39 is 18.0 Å². The standard InChI is InChI=1S/C31H29FN6O3/c1-21-27(26-9-5-6-10-29(26)38(21)18-22-11-13-24(32)14-12-22)17-35-37-30(39)28(15-25-16-33-20-34-25)36-31(40)41-19-23-7-3-2-4-8-23/h2-14,16-17,20,28H,15,18-19H2,1H3,(H,33,34)(H,36,40)(H,37,39)/b35-17-/t28-/m0/s1. The first-order valence-corrected chi connectivity index (χ1v) is 13.1. The molecule has 0 unspecified atom stereocenters. The quantitative estimate of drug-likeness (QED) is 0.170. The lowest BCUT2D eigenvalue weighted by Crippen LogP contribution is -2.47. The number of aromatic amines is 1. The molecule has 0 aliphatic carbocycles. The lowest BCUT2D eigenvalue weighted by atomic mass is 10.1. The normalized spacial score (nSPS) is 12.0. The van der Waals surface area contributed by atoms with Crippen molar-refractivity contribution in [2.75, 3.05) is 0 Å². The van der Waals surface area contributed by atoms with Gasteiger partial charge in [0.05, 0.1) is 12.5 Å². The van der Waals surface area contributed by atoms with Gasteiger partial charge in [-0.2, -0.15) is 5.10 Å². The zero-order valence-corrected chi connectivity index (χ0v) is 22.4. The number of hydrogen-bond donors (Lipinski definition) is 3. The Balaban J connectivity index is 1.30. The van der Waals surface area contributed by atoms with Gasteiger partial charge >= 0.3 is 6.09 Å². The van der Waals surface area contributed by atoms with Gasteiger partial charge in [-0.05, 0) is 36.2 Å². The molecular weight excluding hydrogens is 523 g/mol. The highest BCUT2D eigenvalue weighted by Gasteiger charge is 2.23. The molecule has 5 rings (SSSR count). The lowest BCUT2D eigenvalue weighted by molar-refractivity contribution is -0.123. The number of para-hydroxylation sites is 1. The van der Waals surface area contributed by atoms with E-state index in [1.807, 2.05) is 61.5 Å². The minimum absolute atomic E-state index is 0.0739. The second kappa shape index (κ2) is 12.7. The SMILES string of the molecule is Cc1c(/C=N\NC(=O)[C@H](Cc2cnc[nH]2)NC(=O)OCc2ccccc2)c2ccccc2n1Cc1ccc(F)cc1. The Hall–Kier alpha value is -5.25. The number of fused-ring (bicyclic) bond motifs is 1. The van der Waals surface area contributed by atoms with Gasteiger partial charge in [0.25, 0.3) is 5.91 Å². The molecule has 0 bridgehead atoms. The number of benzene rings is 3. The molecule has 5 aromatic rings. The summed E-state index contributed by atoms with van der Waals surface area (Å²) >= 11 is 0. The van der Waals surface area contributed by atoms with Crippen LogP contribution in [0.1, 0.15) is 28.1 Å². The molecule has 0 saturated heterocycles. The smallest absolute Gasteiger partial charge is 0.408 e. The van der Waals surface area contributed by atoms with Crippen molar-refractivity contribution < 1.29 is 18.7 Å². The van der Waals surface area contributed by atoms with Crippen molar-refractivity contribution in [3.05, 3.63) is 125 Å². The summed E-state index contributed by atoms with van der Waals surface area (Å²) in [6.07, 6.45) is 4.12. The minimum Gasteiger partial charge on any atom is -0.445 e. The maximum Gasteiger partial charge on any atom is 0.408 e. The van der Waals surface area contributed by atoms with Gasteiger partial charge in [-0.15, -0.1) is 0 Å². The molecule has 41 heavy (non-hydrogen) atoms. The first kappa shape index (κ1) is 27.3. The number of ether oxygens (including phenoxy) is 1. The number of aromatic nitrogens is 3. The van der Waals surface area contributed by atoms with Crippen LogP contribution < -0.4 is 10.7 Å². The average Bonchev–Trinajstić information content (AvgIpc) is 3.60. The molecule has 1 atom stereocenters. The molecule has 208 valence electrons. The van der Waals surface area contributed by atoms with Gasteiger partial charge in [0.1, 0.15) is 18.5 Å². The van der Waals surface area contributed by atoms with Crippen molar-refractivity contribution in [1.29, 1.82) is 0 Å². The second-order valence-electron chi connectivity index (χ2n) is 9.50. The van der Waals surface area contributed by atoms with Crippen LogP contribution in [0.3, 0.4) is 0 Å². The fourth-order valence-corrected chi connectivity index (χ4v) is 4.57. The average molecular weight is 553 g/mol. The van der Waals surface area contributed by atoms with Crippen molar-refractivity contribution in [2.45, 2.75) is 32.5 Å². The Kier molecular flexibility index (Phi) is 8.49. The molecule has 10 heteroatoms. The zero-order chi connectivity index (χ0) is 28.6. The Morgan fingerprint density at radius 3 is 2.56 bits per heavy atom. The van der Waals surface area contributed by atoms with E-state index in [-0.39, 0.29) is 18.8 Å². The monoisotopic (exact) mass is 552 g/mol. The molecule has 2 heterocycles. The molecule has 3 N–H and O–H groups in total. The van der Waals surface area contributed by atoms with E-state index in [0.29, 0.717) is 12.2 Å². The Bertz CT molecular complexity index is 1650. The molecule has 0 aliphatic rings.